The number of allylic oxidation sites excluding steroid dienone is 3. The highest BCUT2D eigenvalue weighted by atomic mass is 15.1. The molecule has 0 heterocycles. The highest BCUT2D eigenvalue weighted by molar-refractivity contribution is 5.97. The van der Waals surface area contributed by atoms with Crippen LogP contribution in [-0.2, 0) is 12.8 Å². The van der Waals surface area contributed by atoms with Crippen molar-refractivity contribution >= 4 is 11.4 Å². The van der Waals surface area contributed by atoms with Crippen molar-refractivity contribution in [3.8, 4) is 0 Å². The second kappa shape index (κ2) is 11.5. The highest BCUT2D eigenvalue weighted by Gasteiger charge is 2.23. The number of anilines is 1. The standard InChI is InChI=1S/C28H44N2/c1-9-14-30(11-3)28-18-25-13-12-24(16-26(25)15-22(28)8)23(10-2)17-27(21(6)7)29-19-20(4)5/h15,17-19,21,24H,9-14,16H2,1-8H3/b23-17+,29-27-. The molecule has 0 bridgehead atoms. The van der Waals surface area contributed by atoms with Gasteiger partial charge in [0.15, 0.2) is 0 Å². The molecule has 1 aliphatic carbocycles. The molecule has 1 aromatic carbocycles. The average molecular weight is 409 g/mol. The van der Waals surface area contributed by atoms with Gasteiger partial charge in [-0.05, 0) is 100 Å². The van der Waals surface area contributed by atoms with E-state index in [-0.39, 0.29) is 0 Å². The van der Waals surface area contributed by atoms with Gasteiger partial charge >= 0.3 is 0 Å². The molecule has 2 nitrogen and oxygen atoms in total. The monoisotopic (exact) mass is 408 g/mol. The largest absolute Gasteiger partial charge is 0.372 e. The molecule has 30 heavy (non-hydrogen) atoms. The van der Waals surface area contributed by atoms with Crippen molar-refractivity contribution in [1.29, 1.82) is 0 Å². The SMILES string of the molecule is CCCN(CC)c1cc2c(cc1C)CC(/C(=C/C(=N/C=C(C)C)C(C)C)CC)CC2. The molecular formula is C28H44N2. The minimum Gasteiger partial charge on any atom is -0.372 e. The summed E-state index contributed by atoms with van der Waals surface area (Å²) >= 11 is 0. The summed E-state index contributed by atoms with van der Waals surface area (Å²) in [5.74, 6) is 1.09. The van der Waals surface area contributed by atoms with Gasteiger partial charge in [-0.1, -0.05) is 44.9 Å². The number of hydrogen-bond donors (Lipinski definition) is 0. The maximum Gasteiger partial charge on any atom is 0.0428 e. The number of aliphatic imine (C=N–C) groups is 1. The van der Waals surface area contributed by atoms with Gasteiger partial charge in [-0.25, -0.2) is 0 Å². The van der Waals surface area contributed by atoms with Gasteiger partial charge in [-0.15, -0.1) is 0 Å². The van der Waals surface area contributed by atoms with E-state index in [1.54, 1.807) is 16.7 Å². The molecule has 0 spiro atoms. The van der Waals surface area contributed by atoms with E-state index < -0.39 is 0 Å². The molecule has 1 atom stereocenters. The molecule has 2 rings (SSSR count). The van der Waals surface area contributed by atoms with Gasteiger partial charge in [0, 0.05) is 30.7 Å². The third-order valence-corrected chi connectivity index (χ3v) is 6.29. The minimum atomic E-state index is 0.446. The van der Waals surface area contributed by atoms with Crippen molar-refractivity contribution in [2.75, 3.05) is 18.0 Å². The van der Waals surface area contributed by atoms with Crippen LogP contribution in [0.15, 0.2) is 40.5 Å². The normalized spacial score (nSPS) is 17.2. The smallest absolute Gasteiger partial charge is 0.0428 e. The summed E-state index contributed by atoms with van der Waals surface area (Å²) in [5.41, 5.74) is 10.0. The van der Waals surface area contributed by atoms with Gasteiger partial charge in [0.05, 0.1) is 0 Å². The summed E-state index contributed by atoms with van der Waals surface area (Å²) in [5, 5.41) is 0. The Morgan fingerprint density at radius 2 is 1.90 bits per heavy atom. The average Bonchev–Trinajstić information content (AvgIpc) is 2.71. The molecule has 0 fully saturated rings. The second-order valence-electron chi connectivity index (χ2n) is 9.41. The Kier molecular flexibility index (Phi) is 9.39. The van der Waals surface area contributed by atoms with Crippen LogP contribution in [0.4, 0.5) is 5.69 Å². The zero-order valence-electron chi connectivity index (χ0n) is 20.8. The van der Waals surface area contributed by atoms with Crippen LogP contribution >= 0.6 is 0 Å². The van der Waals surface area contributed by atoms with Gasteiger partial charge in [0.2, 0.25) is 0 Å². The lowest BCUT2D eigenvalue weighted by atomic mass is 9.77. The minimum absolute atomic E-state index is 0.446. The topological polar surface area (TPSA) is 15.6 Å². The molecular weight excluding hydrogens is 364 g/mol. The predicted molar refractivity (Wildman–Crippen MR) is 135 cm³/mol. The van der Waals surface area contributed by atoms with E-state index in [9.17, 15) is 0 Å². The van der Waals surface area contributed by atoms with Crippen molar-refractivity contribution in [2.45, 2.75) is 87.5 Å². The lowest BCUT2D eigenvalue weighted by Gasteiger charge is -2.31. The van der Waals surface area contributed by atoms with Crippen LogP contribution in [0.3, 0.4) is 0 Å². The van der Waals surface area contributed by atoms with E-state index in [2.05, 4.69) is 78.5 Å². The van der Waals surface area contributed by atoms with Gasteiger partial charge in [0.1, 0.15) is 0 Å². The first-order valence-electron chi connectivity index (χ1n) is 12.1. The maximum atomic E-state index is 4.79. The summed E-state index contributed by atoms with van der Waals surface area (Å²) in [6.07, 6.45) is 10.3. The number of aryl methyl sites for hydroxylation is 2. The number of hydrogen-bond acceptors (Lipinski definition) is 2. The Balaban J connectivity index is 2.30. The zero-order valence-corrected chi connectivity index (χ0v) is 20.8. The van der Waals surface area contributed by atoms with Crippen molar-refractivity contribution in [1.82, 2.24) is 0 Å². The van der Waals surface area contributed by atoms with Gasteiger partial charge in [-0.2, -0.15) is 0 Å². The fourth-order valence-electron chi connectivity index (χ4n) is 4.55. The molecule has 0 saturated carbocycles. The predicted octanol–water partition coefficient (Wildman–Crippen LogP) is 7.69. The van der Waals surface area contributed by atoms with Crippen molar-refractivity contribution in [3.63, 3.8) is 0 Å². The van der Waals surface area contributed by atoms with Crippen molar-refractivity contribution < 1.29 is 0 Å². The first kappa shape index (κ1) is 24.4. The van der Waals surface area contributed by atoms with Crippen LogP contribution in [0.2, 0.25) is 0 Å². The molecule has 1 aromatic rings. The number of nitrogens with zero attached hydrogens (tertiary/aromatic N) is 2. The second-order valence-corrected chi connectivity index (χ2v) is 9.41. The lowest BCUT2D eigenvalue weighted by Crippen LogP contribution is -2.25. The van der Waals surface area contributed by atoms with Crippen molar-refractivity contribution in [3.05, 3.63) is 52.2 Å². The zero-order chi connectivity index (χ0) is 22.3. The third kappa shape index (κ3) is 6.33. The fourth-order valence-corrected chi connectivity index (χ4v) is 4.55. The Hall–Kier alpha value is -1.83. The van der Waals surface area contributed by atoms with E-state index in [0.717, 1.165) is 19.5 Å². The molecule has 0 N–H and O–H groups in total. The van der Waals surface area contributed by atoms with E-state index >= 15 is 0 Å². The summed E-state index contributed by atoms with van der Waals surface area (Å²) in [7, 11) is 0. The van der Waals surface area contributed by atoms with Crippen LogP contribution in [-0.4, -0.2) is 18.8 Å². The fraction of sp³-hybridized carbons (Fsp3) is 0.607. The highest BCUT2D eigenvalue weighted by Crippen LogP contribution is 2.35. The summed E-state index contributed by atoms with van der Waals surface area (Å²) < 4.78 is 0. The van der Waals surface area contributed by atoms with Crippen molar-refractivity contribution in [2.24, 2.45) is 16.8 Å². The Morgan fingerprint density at radius 1 is 1.17 bits per heavy atom. The van der Waals surface area contributed by atoms with Crippen LogP contribution in [0, 0.1) is 18.8 Å². The van der Waals surface area contributed by atoms with E-state index in [4.69, 9.17) is 4.99 Å². The van der Waals surface area contributed by atoms with Gasteiger partial charge in [0.25, 0.3) is 0 Å². The molecule has 1 aliphatic rings. The quantitative estimate of drug-likeness (QED) is 0.382. The van der Waals surface area contributed by atoms with Crippen LogP contribution < -0.4 is 4.90 Å². The van der Waals surface area contributed by atoms with Crippen LogP contribution in [0.25, 0.3) is 0 Å². The maximum absolute atomic E-state index is 4.79. The first-order valence-corrected chi connectivity index (χ1v) is 12.1. The van der Waals surface area contributed by atoms with Gasteiger partial charge < -0.3 is 4.90 Å². The van der Waals surface area contributed by atoms with E-state index in [1.807, 2.05) is 6.20 Å². The van der Waals surface area contributed by atoms with E-state index in [0.29, 0.717) is 11.8 Å². The number of fused-ring (bicyclic) bond motifs is 1. The molecule has 0 amide bonds. The molecule has 0 aromatic heterocycles. The first-order chi connectivity index (χ1) is 14.3. The lowest BCUT2D eigenvalue weighted by molar-refractivity contribution is 0.513. The molecule has 166 valence electrons. The molecule has 0 saturated heterocycles. The van der Waals surface area contributed by atoms with Gasteiger partial charge in [-0.3, -0.25) is 4.99 Å². The van der Waals surface area contributed by atoms with E-state index in [1.165, 1.54) is 48.2 Å². The Bertz CT molecular complexity index is 791. The summed E-state index contributed by atoms with van der Waals surface area (Å²) in [6, 6.07) is 4.97. The molecule has 2 heteroatoms. The third-order valence-electron chi connectivity index (χ3n) is 6.29. The molecule has 0 aliphatic heterocycles. The summed E-state index contributed by atoms with van der Waals surface area (Å²) in [6.45, 7) is 20.1. The molecule has 1 unspecified atom stereocenters. The Labute approximate surface area is 186 Å². The number of benzene rings is 1. The number of rotatable bonds is 9. The van der Waals surface area contributed by atoms with Crippen LogP contribution in [0.5, 0.6) is 0 Å². The Morgan fingerprint density at radius 3 is 2.47 bits per heavy atom. The van der Waals surface area contributed by atoms with Crippen LogP contribution in [0.1, 0.15) is 84.4 Å². The molecule has 0 radical (unpaired) electrons. The summed E-state index contributed by atoms with van der Waals surface area (Å²) in [4.78, 5) is 7.33.